The lowest BCUT2D eigenvalue weighted by Crippen LogP contribution is -2.45. The van der Waals surface area contributed by atoms with Crippen molar-refractivity contribution >= 4 is 44.0 Å². The first-order chi connectivity index (χ1) is 31.1. The fraction of sp³-hybridized carbons (Fsp3) is 0.652. The molecule has 16 nitrogen and oxygen atoms in total. The van der Waals surface area contributed by atoms with Gasteiger partial charge in [0.2, 0.25) is 31.9 Å². The zero-order chi connectivity index (χ0) is 46.1. The van der Waals surface area contributed by atoms with Crippen molar-refractivity contribution in [3.8, 4) is 0 Å². The van der Waals surface area contributed by atoms with Crippen molar-refractivity contribution < 1.29 is 43.7 Å². The molecular weight excluding hydrogens is 859 g/mol. The molecule has 2 N–H and O–H groups in total. The predicted molar refractivity (Wildman–Crippen MR) is 256 cm³/mol. The number of hydroxylamine groups is 2. The molecule has 0 spiro atoms. The zero-order valence-electron chi connectivity index (χ0n) is 38.3. The van der Waals surface area contributed by atoms with E-state index in [0.717, 1.165) is 125 Å². The molecule has 1 aliphatic carbocycles. The summed E-state index contributed by atoms with van der Waals surface area (Å²) in [6.07, 6.45) is 26.2. The van der Waals surface area contributed by atoms with Gasteiger partial charge in [0.05, 0.1) is 44.0 Å². The number of carbonyl (C=O) groups excluding carboxylic acids is 2. The molecule has 0 bridgehead atoms. The number of pyridine rings is 2. The Bertz CT molecular complexity index is 1830. The molecule has 4 heterocycles. The fourth-order valence-electron chi connectivity index (χ4n) is 7.13. The van der Waals surface area contributed by atoms with E-state index in [-0.39, 0.29) is 32.2 Å². The molecular formula is C46H79N7O9S2. The Kier molecular flexibility index (Phi) is 28.2. The van der Waals surface area contributed by atoms with Gasteiger partial charge in [-0.15, -0.1) is 0 Å². The zero-order valence-corrected chi connectivity index (χ0v) is 40.0. The Morgan fingerprint density at radius 1 is 0.719 bits per heavy atom. The molecule has 3 aliphatic rings. The molecule has 0 radical (unpaired) electrons. The SMILES string of the molecule is CC.O=C(/C=C/c1ccncc1)NCCCCCCS(=O)(=O)N(OCCN1CCOCC1)C1CCCCC1.O=C(/C=C/c1ccncc1)NCCCCCCS(=O)(=O)N1CCCCO1.[HH].[HH]. The molecule has 5 rings (SSSR count). The number of carbonyl (C=O) groups is 2. The van der Waals surface area contributed by atoms with Crippen LogP contribution in [0.4, 0.5) is 0 Å². The second-order valence-corrected chi connectivity index (χ2v) is 19.6. The second kappa shape index (κ2) is 32.9. The average molecular weight is 938 g/mol. The number of morpholine rings is 1. The third-order valence-corrected chi connectivity index (χ3v) is 14.1. The van der Waals surface area contributed by atoms with Gasteiger partial charge in [-0.1, -0.05) is 67.7 Å². The van der Waals surface area contributed by atoms with Gasteiger partial charge in [-0.25, -0.2) is 16.8 Å². The van der Waals surface area contributed by atoms with Crippen LogP contribution >= 0.6 is 0 Å². The molecule has 64 heavy (non-hydrogen) atoms. The fourth-order valence-corrected chi connectivity index (χ4v) is 10.2. The number of unbranched alkanes of at least 4 members (excludes halogenated alkanes) is 6. The van der Waals surface area contributed by atoms with Crippen molar-refractivity contribution in [3.05, 3.63) is 72.3 Å². The molecule has 2 saturated heterocycles. The Hall–Kier alpha value is -3.62. The number of hydrogen-bond acceptors (Lipinski definition) is 12. The van der Waals surface area contributed by atoms with Gasteiger partial charge in [0.25, 0.3) is 0 Å². The average Bonchev–Trinajstić information content (AvgIpc) is 3.33. The normalized spacial score (nSPS) is 16.8. The number of nitrogens with one attached hydrogen (secondary N) is 2. The molecule has 0 aromatic carbocycles. The van der Waals surface area contributed by atoms with Gasteiger partial charge in [0.15, 0.2) is 0 Å². The third kappa shape index (κ3) is 23.5. The van der Waals surface area contributed by atoms with Gasteiger partial charge in [-0.3, -0.25) is 34.1 Å². The first kappa shape index (κ1) is 54.7. The molecule has 364 valence electrons. The molecule has 2 aromatic rings. The van der Waals surface area contributed by atoms with E-state index in [1.54, 1.807) is 36.9 Å². The van der Waals surface area contributed by atoms with E-state index in [9.17, 15) is 26.4 Å². The van der Waals surface area contributed by atoms with Crippen LogP contribution in [0.1, 0.15) is 124 Å². The van der Waals surface area contributed by atoms with Crippen molar-refractivity contribution in [2.45, 2.75) is 116 Å². The van der Waals surface area contributed by atoms with E-state index in [1.165, 1.54) is 16.6 Å². The third-order valence-electron chi connectivity index (χ3n) is 10.7. The topological polar surface area (TPSA) is 190 Å². The molecule has 18 heteroatoms. The van der Waals surface area contributed by atoms with Crippen LogP contribution in [0.3, 0.4) is 0 Å². The maximum Gasteiger partial charge on any atom is 0.243 e. The number of aromatic nitrogens is 2. The van der Waals surface area contributed by atoms with Crippen LogP contribution in [0, 0.1) is 0 Å². The second-order valence-electron chi connectivity index (χ2n) is 15.7. The number of hydrogen-bond donors (Lipinski definition) is 2. The van der Waals surface area contributed by atoms with E-state index < -0.39 is 20.0 Å². The maximum absolute atomic E-state index is 13.2. The first-order valence-electron chi connectivity index (χ1n) is 23.4. The predicted octanol–water partition coefficient (Wildman–Crippen LogP) is 6.65. The van der Waals surface area contributed by atoms with Crippen molar-refractivity contribution in [2.24, 2.45) is 0 Å². The monoisotopic (exact) mass is 938 g/mol. The van der Waals surface area contributed by atoms with Crippen LogP contribution < -0.4 is 10.6 Å². The highest BCUT2D eigenvalue weighted by atomic mass is 32.2. The lowest BCUT2D eigenvalue weighted by molar-refractivity contribution is -0.126. The molecule has 2 amide bonds. The van der Waals surface area contributed by atoms with Gasteiger partial charge < -0.3 is 15.4 Å². The molecule has 1 saturated carbocycles. The Morgan fingerprint density at radius 2 is 1.25 bits per heavy atom. The van der Waals surface area contributed by atoms with E-state index in [1.807, 2.05) is 38.1 Å². The van der Waals surface area contributed by atoms with Crippen LogP contribution in [-0.2, 0) is 44.0 Å². The van der Waals surface area contributed by atoms with Crippen LogP contribution in [0.2, 0.25) is 0 Å². The van der Waals surface area contributed by atoms with Crippen LogP contribution in [-0.4, -0.2) is 136 Å². The van der Waals surface area contributed by atoms with Crippen LogP contribution in [0.15, 0.2) is 61.2 Å². The van der Waals surface area contributed by atoms with Crippen molar-refractivity contribution in [1.82, 2.24) is 34.4 Å². The summed E-state index contributed by atoms with van der Waals surface area (Å²) in [5.41, 5.74) is 1.85. The first-order valence-corrected chi connectivity index (χ1v) is 26.6. The van der Waals surface area contributed by atoms with Gasteiger partial charge in [0, 0.05) is 79.1 Å². The highest BCUT2D eigenvalue weighted by molar-refractivity contribution is 7.89. The minimum atomic E-state index is -3.48. The van der Waals surface area contributed by atoms with E-state index in [0.29, 0.717) is 52.2 Å². The molecule has 2 aliphatic heterocycles. The molecule has 0 atom stereocenters. The number of ether oxygens (including phenoxy) is 1. The summed E-state index contributed by atoms with van der Waals surface area (Å²) in [7, 11) is -6.78. The molecule has 2 aromatic heterocycles. The highest BCUT2D eigenvalue weighted by Gasteiger charge is 2.32. The molecule has 3 fully saturated rings. The minimum Gasteiger partial charge on any atom is -0.379 e. The smallest absolute Gasteiger partial charge is 0.243 e. The lowest BCUT2D eigenvalue weighted by Gasteiger charge is -2.33. The number of sulfonamides is 2. The summed E-state index contributed by atoms with van der Waals surface area (Å²) in [5.74, 6) is -0.0470. The largest absolute Gasteiger partial charge is 0.379 e. The van der Waals surface area contributed by atoms with Crippen molar-refractivity contribution in [2.75, 3.05) is 77.2 Å². The lowest BCUT2D eigenvalue weighted by atomic mass is 9.96. The van der Waals surface area contributed by atoms with Crippen LogP contribution in [0.5, 0.6) is 0 Å². The maximum atomic E-state index is 13.2. The number of rotatable bonds is 25. The summed E-state index contributed by atoms with van der Waals surface area (Å²) in [6, 6.07) is 7.27. The van der Waals surface area contributed by atoms with Crippen molar-refractivity contribution in [3.63, 3.8) is 0 Å². The summed E-state index contributed by atoms with van der Waals surface area (Å²) in [6.45, 7) is 10.4. The van der Waals surface area contributed by atoms with E-state index in [4.69, 9.17) is 14.4 Å². The Balaban J connectivity index is 0.000000646. The summed E-state index contributed by atoms with van der Waals surface area (Å²) in [5, 5.41) is 5.70. The van der Waals surface area contributed by atoms with Gasteiger partial charge in [-0.2, -0.15) is 0 Å². The van der Waals surface area contributed by atoms with E-state index in [2.05, 4.69) is 25.5 Å². The quantitative estimate of drug-likeness (QED) is 0.0614. The highest BCUT2D eigenvalue weighted by Crippen LogP contribution is 2.26. The standard InChI is InChI=1S/C26H42N4O5S.C18H27N3O4S.C2H6.2H2/c31-26(11-10-24-12-15-27-16-13-24)28-14-6-1-2-7-23-36(32,33)30(25-8-4-3-5-9-25)35-22-19-29-17-20-34-21-18-29;22-18(8-7-17-9-12-19-13-10-17)20-11-3-1-2-6-16-26(23,24)21-14-4-5-15-25-21;1-2;;/h10-13,15-16,25H,1-9,14,17-23H2,(H,28,31);7-10,12-13H,1-6,11,14-16H2,(H,20,22);1-2H3;2*1H/b11-10+;8-7+;;;. The minimum absolute atomic E-state index is 0. The van der Waals surface area contributed by atoms with Gasteiger partial charge in [-0.05, 0) is 98.9 Å². The number of nitrogens with zero attached hydrogens (tertiary/aromatic N) is 5. The number of amides is 2. The van der Waals surface area contributed by atoms with E-state index >= 15 is 0 Å². The van der Waals surface area contributed by atoms with Crippen molar-refractivity contribution in [1.29, 1.82) is 0 Å². The Labute approximate surface area is 386 Å². The molecule has 0 unspecified atom stereocenters. The van der Waals surface area contributed by atoms with Crippen LogP contribution in [0.25, 0.3) is 12.2 Å². The summed E-state index contributed by atoms with van der Waals surface area (Å²) in [4.78, 5) is 44.9. The van der Waals surface area contributed by atoms with Gasteiger partial charge in [0.1, 0.15) is 0 Å². The summed E-state index contributed by atoms with van der Waals surface area (Å²) < 4.78 is 58.4. The summed E-state index contributed by atoms with van der Waals surface area (Å²) >= 11 is 0. The Morgan fingerprint density at radius 3 is 1.78 bits per heavy atom. The van der Waals surface area contributed by atoms with Gasteiger partial charge >= 0.3 is 0 Å².